The van der Waals surface area contributed by atoms with Gasteiger partial charge in [0.25, 0.3) is 0 Å². The van der Waals surface area contributed by atoms with Crippen LogP contribution < -0.4 is 10.5 Å². The molecule has 0 fully saturated rings. The molecule has 0 aliphatic carbocycles. The maximum atomic E-state index is 11.0. The lowest BCUT2D eigenvalue weighted by molar-refractivity contribution is 0.318. The van der Waals surface area contributed by atoms with Gasteiger partial charge >= 0.3 is 0 Å². The van der Waals surface area contributed by atoms with Crippen molar-refractivity contribution in [3.05, 3.63) is 29.3 Å². The van der Waals surface area contributed by atoms with E-state index in [0.29, 0.717) is 22.8 Å². The van der Waals surface area contributed by atoms with E-state index in [1.807, 2.05) is 6.07 Å². The summed E-state index contributed by atoms with van der Waals surface area (Å²) >= 11 is 1.53. The van der Waals surface area contributed by atoms with Crippen LogP contribution in [0.4, 0.5) is 0 Å². The Labute approximate surface area is 122 Å². The highest BCUT2D eigenvalue weighted by Crippen LogP contribution is 2.23. The smallest absolute Gasteiger partial charge is 0.173 e. The summed E-state index contributed by atoms with van der Waals surface area (Å²) in [7, 11) is -1.41. The van der Waals surface area contributed by atoms with Crippen molar-refractivity contribution >= 4 is 27.4 Å². The minimum atomic E-state index is -2.92. The van der Waals surface area contributed by atoms with Gasteiger partial charge in [-0.25, -0.2) is 8.42 Å². The average molecular weight is 318 g/mol. The zero-order valence-corrected chi connectivity index (χ0v) is 13.0. The summed E-state index contributed by atoms with van der Waals surface area (Å²) in [5, 5.41) is 11.6. The first-order valence-electron chi connectivity index (χ1n) is 5.77. The van der Waals surface area contributed by atoms with Crippen LogP contribution in [0.25, 0.3) is 0 Å². The second kappa shape index (κ2) is 7.39. The Bertz CT molecular complexity index is 585. The molecule has 1 aromatic rings. The Balaban J connectivity index is 2.69. The number of oxime groups is 1. The fourth-order valence-electron chi connectivity index (χ4n) is 1.49. The molecular weight excluding hydrogens is 300 g/mol. The van der Waals surface area contributed by atoms with E-state index < -0.39 is 9.84 Å². The van der Waals surface area contributed by atoms with Crippen molar-refractivity contribution in [2.24, 2.45) is 10.9 Å². The molecule has 1 aromatic carbocycles. The van der Waals surface area contributed by atoms with Crippen LogP contribution in [0.15, 0.2) is 23.4 Å². The Morgan fingerprint density at radius 3 is 2.75 bits per heavy atom. The van der Waals surface area contributed by atoms with Crippen molar-refractivity contribution in [2.45, 2.75) is 5.75 Å². The molecule has 0 saturated heterocycles. The Hall–Kier alpha value is -1.41. The highest BCUT2D eigenvalue weighted by molar-refractivity contribution is 7.99. The fourth-order valence-corrected chi connectivity index (χ4v) is 3.73. The van der Waals surface area contributed by atoms with Gasteiger partial charge in [-0.1, -0.05) is 11.2 Å². The summed E-state index contributed by atoms with van der Waals surface area (Å²) in [6.07, 6.45) is 1.22. The number of thioether (sulfide) groups is 1. The number of hydrogen-bond donors (Lipinski definition) is 2. The molecule has 0 amide bonds. The summed E-state index contributed by atoms with van der Waals surface area (Å²) in [6.45, 7) is 0. The molecule has 112 valence electrons. The molecule has 0 aliphatic heterocycles. The molecule has 0 aromatic heterocycles. The van der Waals surface area contributed by atoms with Gasteiger partial charge < -0.3 is 15.7 Å². The average Bonchev–Trinajstić information content (AvgIpc) is 2.41. The van der Waals surface area contributed by atoms with Crippen LogP contribution in [0, 0.1) is 0 Å². The van der Waals surface area contributed by atoms with Crippen LogP contribution >= 0.6 is 11.8 Å². The molecule has 20 heavy (non-hydrogen) atoms. The molecule has 0 atom stereocenters. The number of nitrogens with zero attached hydrogens (tertiary/aromatic N) is 1. The second-order valence-electron chi connectivity index (χ2n) is 4.20. The fraction of sp³-hybridized carbons (Fsp3) is 0.417. The number of nitrogens with two attached hydrogens (primary N) is 1. The van der Waals surface area contributed by atoms with Crippen molar-refractivity contribution in [3.63, 3.8) is 0 Å². The predicted molar refractivity (Wildman–Crippen MR) is 81.4 cm³/mol. The summed E-state index contributed by atoms with van der Waals surface area (Å²) < 4.78 is 27.2. The Morgan fingerprint density at radius 2 is 2.20 bits per heavy atom. The molecule has 0 saturated carbocycles. The summed E-state index contributed by atoms with van der Waals surface area (Å²) in [5.74, 6) is 1.88. The van der Waals surface area contributed by atoms with E-state index in [1.54, 1.807) is 12.1 Å². The van der Waals surface area contributed by atoms with Crippen molar-refractivity contribution in [3.8, 4) is 5.75 Å². The minimum Gasteiger partial charge on any atom is -0.496 e. The molecular formula is C12H18N2O4S2. The molecule has 3 N–H and O–H groups in total. The number of hydrogen-bond acceptors (Lipinski definition) is 6. The molecule has 0 unspecified atom stereocenters. The molecule has 0 radical (unpaired) electrons. The van der Waals surface area contributed by atoms with E-state index in [1.165, 1.54) is 25.1 Å². The zero-order valence-electron chi connectivity index (χ0n) is 11.4. The highest BCUT2D eigenvalue weighted by Gasteiger charge is 2.09. The first kappa shape index (κ1) is 16.6. The number of benzene rings is 1. The van der Waals surface area contributed by atoms with E-state index in [2.05, 4.69) is 5.16 Å². The standard InChI is InChI=1S/C12H18N2O4S2/c1-18-11-7-9(3-4-10(11)12(13)14-15)8-19-5-6-20(2,16)17/h3-4,7,15H,5-6,8H2,1-2H3,(H2,13,14). The van der Waals surface area contributed by atoms with E-state index in [4.69, 9.17) is 15.7 Å². The second-order valence-corrected chi connectivity index (χ2v) is 7.57. The monoisotopic (exact) mass is 318 g/mol. The number of amidine groups is 1. The van der Waals surface area contributed by atoms with E-state index in [-0.39, 0.29) is 11.6 Å². The zero-order chi connectivity index (χ0) is 15.2. The molecule has 0 heterocycles. The molecule has 1 rings (SSSR count). The van der Waals surface area contributed by atoms with Gasteiger partial charge in [0.05, 0.1) is 18.4 Å². The molecule has 8 heteroatoms. The summed E-state index contributed by atoms with van der Waals surface area (Å²) in [4.78, 5) is 0. The van der Waals surface area contributed by atoms with Crippen molar-refractivity contribution < 1.29 is 18.4 Å². The minimum absolute atomic E-state index is 0.0156. The number of ether oxygens (including phenoxy) is 1. The van der Waals surface area contributed by atoms with Crippen molar-refractivity contribution in [1.29, 1.82) is 0 Å². The lowest BCUT2D eigenvalue weighted by Gasteiger charge is -2.09. The third-order valence-electron chi connectivity index (χ3n) is 2.52. The van der Waals surface area contributed by atoms with Crippen molar-refractivity contribution in [1.82, 2.24) is 0 Å². The third-order valence-corrected chi connectivity index (χ3v) is 4.75. The molecule has 6 nitrogen and oxygen atoms in total. The van der Waals surface area contributed by atoms with E-state index >= 15 is 0 Å². The Morgan fingerprint density at radius 1 is 1.50 bits per heavy atom. The lowest BCUT2D eigenvalue weighted by Crippen LogP contribution is -2.14. The van der Waals surface area contributed by atoms with Crippen LogP contribution in [0.2, 0.25) is 0 Å². The Kier molecular flexibility index (Phi) is 6.15. The van der Waals surface area contributed by atoms with E-state index in [9.17, 15) is 8.42 Å². The van der Waals surface area contributed by atoms with Crippen LogP contribution in [-0.4, -0.2) is 44.3 Å². The van der Waals surface area contributed by atoms with Gasteiger partial charge in [0.1, 0.15) is 15.6 Å². The predicted octanol–water partition coefficient (Wildman–Crippen LogP) is 1.07. The SMILES string of the molecule is COc1cc(CSCCS(C)(=O)=O)ccc1/C(N)=N/O. The normalized spacial score (nSPS) is 12.4. The topological polar surface area (TPSA) is 102 Å². The van der Waals surface area contributed by atoms with Crippen LogP contribution in [-0.2, 0) is 15.6 Å². The van der Waals surface area contributed by atoms with Gasteiger partial charge in [0.15, 0.2) is 5.84 Å². The number of rotatable bonds is 7. The maximum Gasteiger partial charge on any atom is 0.173 e. The van der Waals surface area contributed by atoms with Gasteiger partial charge in [-0.3, -0.25) is 0 Å². The summed E-state index contributed by atoms with van der Waals surface area (Å²) in [5.41, 5.74) is 7.03. The molecule has 0 spiro atoms. The first-order chi connectivity index (χ1) is 9.37. The lowest BCUT2D eigenvalue weighted by atomic mass is 10.1. The number of sulfone groups is 1. The van der Waals surface area contributed by atoms with Gasteiger partial charge in [0.2, 0.25) is 0 Å². The van der Waals surface area contributed by atoms with E-state index in [0.717, 1.165) is 5.56 Å². The first-order valence-corrected chi connectivity index (χ1v) is 8.99. The van der Waals surface area contributed by atoms with Gasteiger partial charge in [-0.2, -0.15) is 11.8 Å². The van der Waals surface area contributed by atoms with Gasteiger partial charge in [0, 0.05) is 17.8 Å². The molecule has 0 bridgehead atoms. The maximum absolute atomic E-state index is 11.0. The number of methoxy groups -OCH3 is 1. The largest absolute Gasteiger partial charge is 0.496 e. The quantitative estimate of drug-likeness (QED) is 0.256. The third kappa shape index (κ3) is 5.30. The van der Waals surface area contributed by atoms with Crippen LogP contribution in [0.5, 0.6) is 5.75 Å². The molecule has 0 aliphatic rings. The van der Waals surface area contributed by atoms with Crippen LogP contribution in [0.3, 0.4) is 0 Å². The highest BCUT2D eigenvalue weighted by atomic mass is 32.2. The van der Waals surface area contributed by atoms with Gasteiger partial charge in [-0.15, -0.1) is 0 Å². The van der Waals surface area contributed by atoms with Gasteiger partial charge in [-0.05, 0) is 17.7 Å². The summed E-state index contributed by atoms with van der Waals surface area (Å²) in [6, 6.07) is 5.34. The van der Waals surface area contributed by atoms with Crippen LogP contribution in [0.1, 0.15) is 11.1 Å². The van der Waals surface area contributed by atoms with Crippen molar-refractivity contribution in [2.75, 3.05) is 24.9 Å².